The lowest BCUT2D eigenvalue weighted by molar-refractivity contribution is -0.147. The van der Waals surface area contributed by atoms with Crippen LogP contribution in [0.1, 0.15) is 46.0 Å². The minimum absolute atomic E-state index is 0.0209. The van der Waals surface area contributed by atoms with Crippen LogP contribution in [-0.4, -0.2) is 35.4 Å². The molecule has 1 heterocycles. The Labute approximate surface area is 137 Å². The Morgan fingerprint density at radius 1 is 1.35 bits per heavy atom. The lowest BCUT2D eigenvalue weighted by atomic mass is 9.89. The summed E-state index contributed by atoms with van der Waals surface area (Å²) in [6.07, 6.45) is 10.0. The van der Waals surface area contributed by atoms with E-state index in [0.29, 0.717) is 12.8 Å². The summed E-state index contributed by atoms with van der Waals surface area (Å²) < 4.78 is 10.7. The van der Waals surface area contributed by atoms with Crippen LogP contribution in [0.4, 0.5) is 0 Å². The Hall–Kier alpha value is -1.62. The van der Waals surface area contributed by atoms with Crippen LogP contribution in [0, 0.1) is 11.8 Å². The average molecular weight is 322 g/mol. The van der Waals surface area contributed by atoms with E-state index in [9.17, 15) is 14.7 Å². The van der Waals surface area contributed by atoms with Crippen LogP contribution >= 0.6 is 0 Å². The van der Waals surface area contributed by atoms with Gasteiger partial charge < -0.3 is 14.6 Å². The van der Waals surface area contributed by atoms with E-state index in [0.717, 1.165) is 19.3 Å². The summed E-state index contributed by atoms with van der Waals surface area (Å²) in [5.74, 6) is -0.688. The lowest BCUT2D eigenvalue weighted by Crippen LogP contribution is -2.27. The van der Waals surface area contributed by atoms with Gasteiger partial charge in [-0.1, -0.05) is 12.2 Å². The van der Waals surface area contributed by atoms with E-state index in [1.807, 2.05) is 6.92 Å². The average Bonchev–Trinajstić information content (AvgIpc) is 2.83. The molecule has 0 radical (unpaired) electrons. The monoisotopic (exact) mass is 322 g/mol. The molecule has 0 aromatic carbocycles. The predicted octanol–water partition coefficient (Wildman–Crippen LogP) is 2.53. The second-order valence-electron chi connectivity index (χ2n) is 6.49. The second kappa shape index (κ2) is 8.29. The zero-order valence-corrected chi connectivity index (χ0v) is 13.8. The van der Waals surface area contributed by atoms with Crippen LogP contribution < -0.4 is 0 Å². The van der Waals surface area contributed by atoms with Gasteiger partial charge in [-0.25, -0.2) is 4.79 Å². The quantitative estimate of drug-likeness (QED) is 0.593. The number of hydrogen-bond acceptors (Lipinski definition) is 5. The number of allylic oxidation sites excluding steroid dienone is 2. The number of cyclic esters (lactones) is 1. The van der Waals surface area contributed by atoms with Gasteiger partial charge in [0.25, 0.3) is 0 Å². The molecule has 1 aliphatic carbocycles. The van der Waals surface area contributed by atoms with Gasteiger partial charge in [-0.2, -0.15) is 0 Å². The molecule has 0 bridgehead atoms. The molecule has 0 saturated heterocycles. The number of ether oxygens (including phenoxy) is 2. The molecule has 5 heteroatoms. The summed E-state index contributed by atoms with van der Waals surface area (Å²) >= 11 is 0. The molecule has 1 N–H and O–H groups in total. The highest BCUT2D eigenvalue weighted by atomic mass is 16.5. The third-order valence-electron chi connectivity index (χ3n) is 4.47. The van der Waals surface area contributed by atoms with Crippen LogP contribution in [-0.2, 0) is 19.1 Å². The van der Waals surface area contributed by atoms with Crippen molar-refractivity contribution in [2.24, 2.45) is 11.8 Å². The van der Waals surface area contributed by atoms with Crippen LogP contribution in [0.2, 0.25) is 0 Å². The minimum Gasteiger partial charge on any atom is -0.460 e. The van der Waals surface area contributed by atoms with Gasteiger partial charge in [0.05, 0.1) is 12.2 Å². The normalized spacial score (nSPS) is 38.2. The fraction of sp³-hybridized carbons (Fsp3) is 0.667. The van der Waals surface area contributed by atoms with Gasteiger partial charge in [0.2, 0.25) is 0 Å². The highest BCUT2D eigenvalue weighted by molar-refractivity contribution is 5.82. The molecule has 23 heavy (non-hydrogen) atoms. The predicted molar refractivity (Wildman–Crippen MR) is 85.5 cm³/mol. The van der Waals surface area contributed by atoms with Gasteiger partial charge in [-0.3, -0.25) is 4.79 Å². The van der Waals surface area contributed by atoms with E-state index >= 15 is 0 Å². The molecule has 0 aromatic rings. The number of rotatable bonds is 1. The molecule has 5 nitrogen and oxygen atoms in total. The zero-order valence-electron chi connectivity index (χ0n) is 13.8. The van der Waals surface area contributed by atoms with Crippen LogP contribution in [0.3, 0.4) is 0 Å². The van der Waals surface area contributed by atoms with E-state index in [2.05, 4.69) is 12.2 Å². The fourth-order valence-electron chi connectivity index (χ4n) is 3.40. The summed E-state index contributed by atoms with van der Waals surface area (Å²) in [4.78, 5) is 23.3. The molecule has 2 aliphatic rings. The van der Waals surface area contributed by atoms with Crippen LogP contribution in [0.5, 0.6) is 0 Å². The van der Waals surface area contributed by atoms with Crippen molar-refractivity contribution in [1.29, 1.82) is 0 Å². The lowest BCUT2D eigenvalue weighted by Gasteiger charge is -2.24. The molecule has 0 amide bonds. The number of carbonyl (C=O) groups excluding carboxylic acids is 2. The summed E-state index contributed by atoms with van der Waals surface area (Å²) in [7, 11) is 0. The number of aliphatic hydroxyl groups is 1. The van der Waals surface area contributed by atoms with Gasteiger partial charge in [0.1, 0.15) is 6.10 Å². The fourth-order valence-corrected chi connectivity index (χ4v) is 3.40. The third kappa shape index (κ3) is 5.50. The number of aliphatic hydroxyl groups excluding tert-OH is 1. The van der Waals surface area contributed by atoms with Gasteiger partial charge in [-0.05, 0) is 51.0 Å². The van der Waals surface area contributed by atoms with E-state index in [-0.39, 0.29) is 17.9 Å². The molecule has 0 unspecified atom stereocenters. The van der Waals surface area contributed by atoms with Gasteiger partial charge >= 0.3 is 11.9 Å². The molecule has 2 rings (SSSR count). The van der Waals surface area contributed by atoms with E-state index in [4.69, 9.17) is 9.47 Å². The van der Waals surface area contributed by atoms with Crippen molar-refractivity contribution in [1.82, 2.24) is 0 Å². The van der Waals surface area contributed by atoms with Crippen molar-refractivity contribution in [2.75, 3.05) is 0 Å². The zero-order chi connectivity index (χ0) is 16.8. The minimum atomic E-state index is -0.525. The van der Waals surface area contributed by atoms with Crippen LogP contribution in [0.25, 0.3) is 0 Å². The maximum atomic E-state index is 11.9. The highest BCUT2D eigenvalue weighted by Crippen LogP contribution is 2.37. The van der Waals surface area contributed by atoms with Crippen molar-refractivity contribution in [3.05, 3.63) is 24.3 Å². The molecule has 128 valence electrons. The number of esters is 2. The number of carbonyl (C=O) groups is 2. The van der Waals surface area contributed by atoms with Crippen molar-refractivity contribution < 1.29 is 24.2 Å². The molecule has 5 atom stereocenters. The van der Waals surface area contributed by atoms with E-state index in [1.54, 1.807) is 6.08 Å². The van der Waals surface area contributed by atoms with E-state index < -0.39 is 24.1 Å². The standard InChI is InChI=1S/C18H26O5/c1-12-6-4-3-5-7-14-10-15(20)11-16(14)17(23-13(2)19)8-9-18(21)22-12/h5,7-9,12,14-17,20H,3-4,6,10-11H2,1-2H3/b7-5+,9-8+/t12-,14-,15-,16+,17-/m0/s1. The number of fused-ring (bicyclic) bond motifs is 1. The maximum absolute atomic E-state index is 11.9. The van der Waals surface area contributed by atoms with Crippen molar-refractivity contribution in [3.63, 3.8) is 0 Å². The first kappa shape index (κ1) is 17.7. The number of hydrogen-bond donors (Lipinski definition) is 1. The topological polar surface area (TPSA) is 72.8 Å². The molecular formula is C18H26O5. The Kier molecular flexibility index (Phi) is 6.39. The Morgan fingerprint density at radius 3 is 2.87 bits per heavy atom. The molecular weight excluding hydrogens is 296 g/mol. The van der Waals surface area contributed by atoms with Gasteiger partial charge in [0.15, 0.2) is 0 Å². The third-order valence-corrected chi connectivity index (χ3v) is 4.47. The molecule has 0 aromatic heterocycles. The summed E-state index contributed by atoms with van der Waals surface area (Å²) in [5, 5.41) is 9.99. The van der Waals surface area contributed by atoms with Gasteiger partial charge in [0, 0.05) is 18.9 Å². The molecule has 1 aliphatic heterocycles. The second-order valence-corrected chi connectivity index (χ2v) is 6.49. The van der Waals surface area contributed by atoms with Crippen molar-refractivity contribution in [3.8, 4) is 0 Å². The Morgan fingerprint density at radius 2 is 2.13 bits per heavy atom. The summed E-state index contributed by atoms with van der Waals surface area (Å²) in [5.41, 5.74) is 0. The first-order valence-electron chi connectivity index (χ1n) is 8.36. The smallest absolute Gasteiger partial charge is 0.330 e. The first-order valence-corrected chi connectivity index (χ1v) is 8.36. The molecule has 1 saturated carbocycles. The molecule has 0 spiro atoms. The largest absolute Gasteiger partial charge is 0.460 e. The van der Waals surface area contributed by atoms with Crippen LogP contribution in [0.15, 0.2) is 24.3 Å². The Bertz CT molecular complexity index is 482. The van der Waals surface area contributed by atoms with Crippen molar-refractivity contribution in [2.45, 2.75) is 64.3 Å². The highest BCUT2D eigenvalue weighted by Gasteiger charge is 2.37. The summed E-state index contributed by atoms with van der Waals surface area (Å²) in [6.45, 7) is 3.23. The summed E-state index contributed by atoms with van der Waals surface area (Å²) in [6, 6.07) is 0. The SMILES string of the molecule is CC(=O)O[C@H]1/C=C/C(=O)O[C@@H](C)CCC/C=C/[C@H]2C[C@H](O)C[C@@H]12. The molecule has 1 fully saturated rings. The maximum Gasteiger partial charge on any atom is 0.330 e. The van der Waals surface area contributed by atoms with Gasteiger partial charge in [-0.15, -0.1) is 0 Å². The Balaban J connectivity index is 2.22. The van der Waals surface area contributed by atoms with Crippen molar-refractivity contribution >= 4 is 11.9 Å². The first-order chi connectivity index (χ1) is 11.0. The van der Waals surface area contributed by atoms with E-state index in [1.165, 1.54) is 13.0 Å².